The van der Waals surface area contributed by atoms with Crippen molar-refractivity contribution in [2.45, 2.75) is 52.9 Å². The lowest BCUT2D eigenvalue weighted by Crippen LogP contribution is -2.45. The molecule has 8 heteroatoms. The summed E-state index contributed by atoms with van der Waals surface area (Å²) in [4.78, 5) is 20.4. The Morgan fingerprint density at radius 3 is 2.17 bits per heavy atom. The zero-order valence-electron chi connectivity index (χ0n) is 17.9. The summed E-state index contributed by atoms with van der Waals surface area (Å²) in [5.41, 5.74) is -0.686. The van der Waals surface area contributed by atoms with Crippen LogP contribution in [0.1, 0.15) is 39.0 Å². The third-order valence-electron chi connectivity index (χ3n) is 4.62. The maximum Gasteiger partial charge on any atom is 0.420 e. The van der Waals surface area contributed by atoms with Gasteiger partial charge in [0, 0.05) is 30.9 Å². The smallest absolute Gasteiger partial charge is 0.410 e. The minimum absolute atomic E-state index is 0.0873. The van der Waals surface area contributed by atoms with Gasteiger partial charge in [-0.3, -0.25) is 9.80 Å². The van der Waals surface area contributed by atoms with Crippen molar-refractivity contribution in [2.24, 2.45) is 0 Å². The van der Waals surface area contributed by atoms with E-state index >= 15 is 0 Å². The molecule has 0 saturated carbocycles. The van der Waals surface area contributed by atoms with Crippen LogP contribution in [0.15, 0.2) is 42.5 Å². The Labute approximate surface area is 175 Å². The number of alkyl halides is 3. The van der Waals surface area contributed by atoms with Gasteiger partial charge < -0.3 is 4.74 Å². The van der Waals surface area contributed by atoms with Crippen LogP contribution in [0.2, 0.25) is 0 Å². The summed E-state index contributed by atoms with van der Waals surface area (Å²) in [6.07, 6.45) is -5.32. The monoisotopic (exact) mass is 423 g/mol. The molecule has 0 saturated heterocycles. The van der Waals surface area contributed by atoms with Crippen molar-refractivity contribution >= 4 is 11.9 Å². The molecule has 1 amide bonds. The van der Waals surface area contributed by atoms with Crippen molar-refractivity contribution < 1.29 is 22.7 Å². The molecule has 0 bridgehead atoms. The van der Waals surface area contributed by atoms with Gasteiger partial charge in [-0.15, -0.1) is 0 Å². The number of ether oxygens (including phenoxy) is 1. The number of anilines is 1. The van der Waals surface area contributed by atoms with E-state index < -0.39 is 17.8 Å². The molecule has 0 aliphatic heterocycles. The number of benzene rings is 1. The average Bonchev–Trinajstić information content (AvgIpc) is 2.64. The van der Waals surface area contributed by atoms with Crippen molar-refractivity contribution in [1.29, 1.82) is 0 Å². The molecule has 0 aliphatic rings. The zero-order valence-corrected chi connectivity index (χ0v) is 17.9. The number of halogens is 3. The lowest BCUT2D eigenvalue weighted by atomic mass is 10.2. The molecule has 0 radical (unpaired) electrons. The third-order valence-corrected chi connectivity index (χ3v) is 4.62. The van der Waals surface area contributed by atoms with Gasteiger partial charge in [-0.2, -0.15) is 13.2 Å². The summed E-state index contributed by atoms with van der Waals surface area (Å²) in [6, 6.07) is 10.6. The first-order valence-corrected chi connectivity index (χ1v) is 9.85. The van der Waals surface area contributed by atoms with E-state index in [-0.39, 0.29) is 30.1 Å². The highest BCUT2D eigenvalue weighted by atomic mass is 19.4. The lowest BCUT2D eigenvalue weighted by molar-refractivity contribution is -0.137. The van der Waals surface area contributed by atoms with Gasteiger partial charge in [0.2, 0.25) is 0 Å². The van der Waals surface area contributed by atoms with Crippen LogP contribution >= 0.6 is 0 Å². The molecule has 0 spiro atoms. The number of pyridine rings is 1. The molecule has 164 valence electrons. The summed E-state index contributed by atoms with van der Waals surface area (Å²) in [6.45, 7) is 10.2. The van der Waals surface area contributed by atoms with E-state index in [1.54, 1.807) is 30.3 Å². The Bertz CT molecular complexity index is 831. The number of carbonyl (C=O) groups excluding carboxylic acids is 1. The SMILES string of the molecule is Cc1cc(C(F)(F)F)cc(N(CCN(C(C)C)C(C)C)C(=O)Oc2ccccc2)n1. The van der Waals surface area contributed by atoms with Crippen LogP contribution < -0.4 is 9.64 Å². The number of aromatic nitrogens is 1. The number of para-hydroxylation sites is 1. The topological polar surface area (TPSA) is 45.7 Å². The Morgan fingerprint density at radius 2 is 1.63 bits per heavy atom. The summed E-state index contributed by atoms with van der Waals surface area (Å²) in [5, 5.41) is 0. The summed E-state index contributed by atoms with van der Waals surface area (Å²) in [5.74, 6) is 0.219. The predicted octanol–water partition coefficient (Wildman–Crippen LogP) is 5.53. The van der Waals surface area contributed by atoms with Crippen molar-refractivity contribution in [3.8, 4) is 5.75 Å². The van der Waals surface area contributed by atoms with E-state index in [1.165, 1.54) is 6.92 Å². The first kappa shape index (κ1) is 23.7. The van der Waals surface area contributed by atoms with Gasteiger partial charge >= 0.3 is 12.3 Å². The minimum Gasteiger partial charge on any atom is -0.410 e. The van der Waals surface area contributed by atoms with Gasteiger partial charge in [0.1, 0.15) is 11.6 Å². The van der Waals surface area contributed by atoms with E-state index in [2.05, 4.69) is 9.88 Å². The molecule has 0 atom stereocenters. The van der Waals surface area contributed by atoms with Crippen molar-refractivity contribution in [2.75, 3.05) is 18.0 Å². The lowest BCUT2D eigenvalue weighted by Gasteiger charge is -2.32. The number of rotatable bonds is 7. The molecular formula is C22H28F3N3O2. The van der Waals surface area contributed by atoms with Crippen LogP contribution in [0.3, 0.4) is 0 Å². The molecule has 30 heavy (non-hydrogen) atoms. The average molecular weight is 423 g/mol. The second-order valence-corrected chi connectivity index (χ2v) is 7.61. The van der Waals surface area contributed by atoms with Crippen LogP contribution in [0, 0.1) is 6.92 Å². The quantitative estimate of drug-likeness (QED) is 0.587. The highest BCUT2D eigenvalue weighted by Crippen LogP contribution is 2.32. The second-order valence-electron chi connectivity index (χ2n) is 7.61. The Balaban J connectivity index is 2.38. The Kier molecular flexibility index (Phi) is 7.83. The molecule has 1 aromatic heterocycles. The number of aryl methyl sites for hydroxylation is 1. The molecule has 1 heterocycles. The summed E-state index contributed by atoms with van der Waals surface area (Å²) >= 11 is 0. The molecule has 2 rings (SSSR count). The third kappa shape index (κ3) is 6.45. The number of amides is 1. The van der Waals surface area contributed by atoms with Crippen LogP contribution in [-0.4, -0.2) is 41.2 Å². The van der Waals surface area contributed by atoms with E-state index in [0.29, 0.717) is 12.3 Å². The van der Waals surface area contributed by atoms with Gasteiger partial charge in [-0.05, 0) is 58.9 Å². The van der Waals surface area contributed by atoms with Gasteiger partial charge in [-0.1, -0.05) is 18.2 Å². The number of hydrogen-bond donors (Lipinski definition) is 0. The number of hydrogen-bond acceptors (Lipinski definition) is 4. The van der Waals surface area contributed by atoms with Crippen LogP contribution in [0.5, 0.6) is 5.75 Å². The van der Waals surface area contributed by atoms with Crippen LogP contribution in [-0.2, 0) is 6.18 Å². The van der Waals surface area contributed by atoms with Gasteiger partial charge in [0.15, 0.2) is 0 Å². The Morgan fingerprint density at radius 1 is 1.03 bits per heavy atom. The number of carbonyl (C=O) groups is 1. The maximum atomic E-state index is 13.3. The summed E-state index contributed by atoms with van der Waals surface area (Å²) < 4.78 is 45.3. The highest BCUT2D eigenvalue weighted by Gasteiger charge is 2.33. The van der Waals surface area contributed by atoms with Gasteiger partial charge in [0.05, 0.1) is 5.56 Å². The predicted molar refractivity (Wildman–Crippen MR) is 111 cm³/mol. The standard InChI is InChI=1S/C22H28F3N3O2/c1-15(2)27(16(3)4)11-12-28(21(29)30-19-9-7-6-8-10-19)20-14-18(22(23,24)25)13-17(5)26-20/h6-10,13-16H,11-12H2,1-5H3. The van der Waals surface area contributed by atoms with Crippen LogP contribution in [0.25, 0.3) is 0 Å². The number of nitrogens with zero attached hydrogens (tertiary/aromatic N) is 3. The summed E-state index contributed by atoms with van der Waals surface area (Å²) in [7, 11) is 0. The molecule has 0 aliphatic carbocycles. The molecule has 5 nitrogen and oxygen atoms in total. The van der Waals surface area contributed by atoms with E-state index in [0.717, 1.165) is 17.0 Å². The zero-order chi connectivity index (χ0) is 22.5. The largest absolute Gasteiger partial charge is 0.420 e. The fraction of sp³-hybridized carbons (Fsp3) is 0.455. The normalized spacial score (nSPS) is 12.0. The molecule has 2 aromatic rings. The van der Waals surface area contributed by atoms with Crippen molar-refractivity contribution in [3.63, 3.8) is 0 Å². The molecular weight excluding hydrogens is 395 g/mol. The molecule has 0 N–H and O–H groups in total. The van der Waals surface area contributed by atoms with E-state index in [4.69, 9.17) is 4.74 Å². The fourth-order valence-electron chi connectivity index (χ4n) is 3.22. The minimum atomic E-state index is -4.54. The van der Waals surface area contributed by atoms with Crippen LogP contribution in [0.4, 0.5) is 23.8 Å². The van der Waals surface area contributed by atoms with Crippen molar-refractivity contribution in [3.05, 3.63) is 53.7 Å². The first-order chi connectivity index (χ1) is 14.0. The van der Waals surface area contributed by atoms with Gasteiger partial charge in [0.25, 0.3) is 0 Å². The molecule has 1 aromatic carbocycles. The molecule has 0 unspecified atom stereocenters. The van der Waals surface area contributed by atoms with E-state index in [9.17, 15) is 18.0 Å². The Hall–Kier alpha value is -2.61. The second kappa shape index (κ2) is 9.93. The fourth-order valence-corrected chi connectivity index (χ4v) is 3.22. The highest BCUT2D eigenvalue weighted by molar-refractivity contribution is 5.88. The van der Waals surface area contributed by atoms with E-state index in [1.807, 2.05) is 27.7 Å². The van der Waals surface area contributed by atoms with Crippen molar-refractivity contribution in [1.82, 2.24) is 9.88 Å². The first-order valence-electron chi connectivity index (χ1n) is 9.85. The van der Waals surface area contributed by atoms with Gasteiger partial charge in [-0.25, -0.2) is 9.78 Å². The maximum absolute atomic E-state index is 13.3. The molecule has 0 fully saturated rings.